The van der Waals surface area contributed by atoms with Crippen molar-refractivity contribution >= 4 is 0 Å². The summed E-state index contributed by atoms with van der Waals surface area (Å²) in [6, 6.07) is 0.968. The monoisotopic (exact) mass is 255 g/mol. The SMILES string of the molecule is CCCC(N)C(CC)N1CCC(CN(C)C)CC1. The van der Waals surface area contributed by atoms with Gasteiger partial charge in [-0.15, -0.1) is 0 Å². The van der Waals surface area contributed by atoms with E-state index in [1.165, 1.54) is 45.3 Å². The molecule has 3 heteroatoms. The molecule has 2 atom stereocenters. The standard InChI is InChI=1S/C15H33N3/c1-5-7-14(16)15(6-2)18-10-8-13(9-11-18)12-17(3)4/h13-15H,5-12,16H2,1-4H3. The lowest BCUT2D eigenvalue weighted by Gasteiger charge is -2.40. The molecule has 1 rings (SSSR count). The summed E-state index contributed by atoms with van der Waals surface area (Å²) in [5.74, 6) is 0.885. The first-order chi connectivity index (χ1) is 8.58. The predicted octanol–water partition coefficient (Wildman–Crippen LogP) is 2.17. The van der Waals surface area contributed by atoms with Crippen LogP contribution in [-0.4, -0.2) is 55.6 Å². The third-order valence-corrected chi connectivity index (χ3v) is 4.28. The summed E-state index contributed by atoms with van der Waals surface area (Å²) in [7, 11) is 4.36. The fraction of sp³-hybridized carbons (Fsp3) is 1.00. The van der Waals surface area contributed by atoms with Gasteiger partial charge in [0, 0.05) is 18.6 Å². The summed E-state index contributed by atoms with van der Waals surface area (Å²) in [5, 5.41) is 0. The van der Waals surface area contributed by atoms with Crippen LogP contribution >= 0.6 is 0 Å². The molecule has 1 fully saturated rings. The first-order valence-electron chi connectivity index (χ1n) is 7.72. The molecule has 1 saturated heterocycles. The lowest BCUT2D eigenvalue weighted by atomic mass is 9.92. The highest BCUT2D eigenvalue weighted by Crippen LogP contribution is 2.22. The molecule has 0 spiro atoms. The molecular formula is C15H33N3. The van der Waals surface area contributed by atoms with Gasteiger partial charge in [-0.05, 0) is 58.8 Å². The van der Waals surface area contributed by atoms with Crippen molar-refractivity contribution in [1.82, 2.24) is 9.80 Å². The van der Waals surface area contributed by atoms with Gasteiger partial charge < -0.3 is 10.6 Å². The molecule has 0 aromatic heterocycles. The lowest BCUT2D eigenvalue weighted by Crippen LogP contribution is -2.51. The van der Waals surface area contributed by atoms with Gasteiger partial charge in [0.15, 0.2) is 0 Å². The highest BCUT2D eigenvalue weighted by molar-refractivity contribution is 4.84. The molecule has 0 aromatic rings. The van der Waals surface area contributed by atoms with Crippen molar-refractivity contribution in [3.8, 4) is 0 Å². The van der Waals surface area contributed by atoms with Crippen molar-refractivity contribution in [3.63, 3.8) is 0 Å². The molecule has 0 radical (unpaired) electrons. The number of likely N-dealkylation sites (tertiary alicyclic amines) is 1. The average molecular weight is 255 g/mol. The number of hydrogen-bond donors (Lipinski definition) is 1. The van der Waals surface area contributed by atoms with Crippen LogP contribution in [0.5, 0.6) is 0 Å². The number of nitrogens with zero attached hydrogens (tertiary/aromatic N) is 2. The van der Waals surface area contributed by atoms with Crippen LogP contribution < -0.4 is 5.73 Å². The van der Waals surface area contributed by atoms with Crippen molar-refractivity contribution < 1.29 is 0 Å². The maximum absolute atomic E-state index is 6.34. The van der Waals surface area contributed by atoms with Gasteiger partial charge in [0.2, 0.25) is 0 Å². The topological polar surface area (TPSA) is 32.5 Å². The van der Waals surface area contributed by atoms with E-state index in [9.17, 15) is 0 Å². The second-order valence-electron chi connectivity index (χ2n) is 6.17. The molecule has 1 heterocycles. The molecule has 1 aliphatic heterocycles. The molecule has 0 aliphatic carbocycles. The summed E-state index contributed by atoms with van der Waals surface area (Å²) < 4.78 is 0. The van der Waals surface area contributed by atoms with Crippen LogP contribution in [0.3, 0.4) is 0 Å². The molecule has 18 heavy (non-hydrogen) atoms. The fourth-order valence-corrected chi connectivity index (χ4v) is 3.34. The molecule has 3 nitrogen and oxygen atoms in total. The summed E-state index contributed by atoms with van der Waals surface area (Å²) in [5.41, 5.74) is 6.34. The quantitative estimate of drug-likeness (QED) is 0.757. The first-order valence-corrected chi connectivity index (χ1v) is 7.72. The van der Waals surface area contributed by atoms with Crippen molar-refractivity contribution in [2.75, 3.05) is 33.7 Å². The van der Waals surface area contributed by atoms with Crippen LogP contribution in [0.1, 0.15) is 46.0 Å². The maximum Gasteiger partial charge on any atom is 0.0244 e. The molecule has 2 N–H and O–H groups in total. The Morgan fingerprint density at radius 2 is 1.83 bits per heavy atom. The molecule has 1 aliphatic rings. The Morgan fingerprint density at radius 3 is 2.28 bits per heavy atom. The van der Waals surface area contributed by atoms with E-state index in [2.05, 4.69) is 37.7 Å². The summed E-state index contributed by atoms with van der Waals surface area (Å²) in [6.45, 7) is 8.25. The minimum atomic E-state index is 0.366. The Labute approximate surface area is 114 Å². The molecule has 108 valence electrons. The Morgan fingerprint density at radius 1 is 1.22 bits per heavy atom. The van der Waals surface area contributed by atoms with Crippen LogP contribution in [0.4, 0.5) is 0 Å². The van der Waals surface area contributed by atoms with Crippen molar-refractivity contribution in [2.24, 2.45) is 11.7 Å². The van der Waals surface area contributed by atoms with Crippen LogP contribution in [0.15, 0.2) is 0 Å². The van der Waals surface area contributed by atoms with Gasteiger partial charge in [0.1, 0.15) is 0 Å². The summed E-state index contributed by atoms with van der Waals surface area (Å²) in [4.78, 5) is 4.97. The zero-order valence-electron chi connectivity index (χ0n) is 12.9. The molecule has 0 saturated carbocycles. The number of nitrogens with two attached hydrogens (primary N) is 1. The van der Waals surface area contributed by atoms with E-state index in [0.717, 1.165) is 12.3 Å². The minimum absolute atomic E-state index is 0.366. The zero-order chi connectivity index (χ0) is 13.5. The minimum Gasteiger partial charge on any atom is -0.326 e. The lowest BCUT2D eigenvalue weighted by molar-refractivity contribution is 0.101. The van der Waals surface area contributed by atoms with E-state index in [1.54, 1.807) is 0 Å². The van der Waals surface area contributed by atoms with Crippen LogP contribution in [0.25, 0.3) is 0 Å². The van der Waals surface area contributed by atoms with E-state index in [4.69, 9.17) is 5.73 Å². The van der Waals surface area contributed by atoms with Crippen molar-refractivity contribution in [3.05, 3.63) is 0 Å². The third kappa shape index (κ3) is 4.87. The first kappa shape index (κ1) is 15.9. The van der Waals surface area contributed by atoms with Gasteiger partial charge in [-0.2, -0.15) is 0 Å². The van der Waals surface area contributed by atoms with E-state index >= 15 is 0 Å². The van der Waals surface area contributed by atoms with Crippen molar-refractivity contribution in [1.29, 1.82) is 0 Å². The van der Waals surface area contributed by atoms with Gasteiger partial charge in [0.05, 0.1) is 0 Å². The molecule has 0 bridgehead atoms. The van der Waals surface area contributed by atoms with E-state index < -0.39 is 0 Å². The second kappa shape index (κ2) is 8.13. The van der Waals surface area contributed by atoms with E-state index in [0.29, 0.717) is 12.1 Å². The Kier molecular flexibility index (Phi) is 7.20. The number of hydrogen-bond acceptors (Lipinski definition) is 3. The Bertz CT molecular complexity index is 210. The highest BCUT2D eigenvalue weighted by Gasteiger charge is 2.27. The van der Waals surface area contributed by atoms with E-state index in [1.807, 2.05) is 0 Å². The zero-order valence-corrected chi connectivity index (χ0v) is 12.9. The Balaban J connectivity index is 2.39. The fourth-order valence-electron chi connectivity index (χ4n) is 3.34. The number of piperidine rings is 1. The highest BCUT2D eigenvalue weighted by atomic mass is 15.2. The largest absolute Gasteiger partial charge is 0.326 e. The van der Waals surface area contributed by atoms with E-state index in [-0.39, 0.29) is 0 Å². The molecule has 0 aromatic carbocycles. The summed E-state index contributed by atoms with van der Waals surface area (Å²) in [6.07, 6.45) is 6.24. The van der Waals surface area contributed by atoms with Gasteiger partial charge in [0.25, 0.3) is 0 Å². The van der Waals surface area contributed by atoms with Gasteiger partial charge >= 0.3 is 0 Å². The predicted molar refractivity (Wildman–Crippen MR) is 79.8 cm³/mol. The normalized spacial score (nSPS) is 22.3. The maximum atomic E-state index is 6.34. The smallest absolute Gasteiger partial charge is 0.0244 e. The van der Waals surface area contributed by atoms with Crippen LogP contribution in [0.2, 0.25) is 0 Å². The molecule has 2 unspecified atom stereocenters. The number of rotatable bonds is 7. The van der Waals surface area contributed by atoms with Gasteiger partial charge in [-0.25, -0.2) is 0 Å². The Hall–Kier alpha value is -0.120. The second-order valence-corrected chi connectivity index (χ2v) is 6.17. The average Bonchev–Trinajstić information content (AvgIpc) is 2.32. The molecule has 0 amide bonds. The van der Waals surface area contributed by atoms with Crippen LogP contribution in [0, 0.1) is 5.92 Å². The van der Waals surface area contributed by atoms with Gasteiger partial charge in [-0.3, -0.25) is 4.90 Å². The van der Waals surface area contributed by atoms with Crippen molar-refractivity contribution in [2.45, 2.75) is 58.0 Å². The van der Waals surface area contributed by atoms with Crippen LogP contribution in [-0.2, 0) is 0 Å². The molecular weight excluding hydrogens is 222 g/mol. The van der Waals surface area contributed by atoms with Gasteiger partial charge in [-0.1, -0.05) is 20.3 Å². The summed E-state index contributed by atoms with van der Waals surface area (Å²) >= 11 is 0. The third-order valence-electron chi connectivity index (χ3n) is 4.28.